The maximum Gasteiger partial charge on any atom is 0.410 e. The van der Waals surface area contributed by atoms with Gasteiger partial charge in [-0.05, 0) is 62.6 Å². The van der Waals surface area contributed by atoms with Gasteiger partial charge < -0.3 is 34.1 Å². The van der Waals surface area contributed by atoms with Crippen LogP contribution in [0.1, 0.15) is 62.4 Å². The van der Waals surface area contributed by atoms with E-state index in [0.29, 0.717) is 45.1 Å². The van der Waals surface area contributed by atoms with Crippen LogP contribution in [0.5, 0.6) is 5.75 Å². The second-order valence-electron chi connectivity index (χ2n) is 11.4. The Hall–Kier alpha value is -2.36. The third-order valence-electron chi connectivity index (χ3n) is 8.05. The lowest BCUT2D eigenvalue weighted by Crippen LogP contribution is -2.45. The highest BCUT2D eigenvalue weighted by Gasteiger charge is 2.40. The van der Waals surface area contributed by atoms with Gasteiger partial charge in [0.15, 0.2) is 0 Å². The zero-order valence-electron chi connectivity index (χ0n) is 24.2. The summed E-state index contributed by atoms with van der Waals surface area (Å²) in [6.45, 7) is 11.5. The van der Waals surface area contributed by atoms with Crippen LogP contribution in [-0.4, -0.2) is 99.7 Å². The van der Waals surface area contributed by atoms with Crippen molar-refractivity contribution in [3.8, 4) is 5.75 Å². The normalized spacial score (nSPS) is 22.7. The maximum atomic E-state index is 13.8. The highest BCUT2D eigenvalue weighted by atomic mass is 16.6. The smallest absolute Gasteiger partial charge is 0.410 e. The molecule has 1 aromatic carbocycles. The first-order chi connectivity index (χ1) is 18.9. The van der Waals surface area contributed by atoms with E-state index in [9.17, 15) is 9.59 Å². The molecule has 39 heavy (non-hydrogen) atoms. The molecule has 2 amide bonds. The number of nitrogens with one attached hydrogen (secondary N) is 1. The molecule has 0 aromatic heterocycles. The Morgan fingerprint density at radius 2 is 1.87 bits per heavy atom. The highest BCUT2D eigenvalue weighted by Crippen LogP contribution is 2.32. The van der Waals surface area contributed by atoms with Crippen LogP contribution in [0, 0.1) is 11.8 Å². The van der Waals surface area contributed by atoms with Crippen LogP contribution in [0.25, 0.3) is 0 Å². The molecule has 3 fully saturated rings. The number of nitrogens with zero attached hydrogens (tertiary/aromatic N) is 2. The summed E-state index contributed by atoms with van der Waals surface area (Å²) < 4.78 is 22.3. The lowest BCUT2D eigenvalue weighted by molar-refractivity contribution is 0.0454. The third-order valence-corrected chi connectivity index (χ3v) is 8.05. The molecule has 3 atom stereocenters. The van der Waals surface area contributed by atoms with Crippen molar-refractivity contribution < 1.29 is 28.5 Å². The van der Waals surface area contributed by atoms with E-state index in [4.69, 9.17) is 18.9 Å². The van der Waals surface area contributed by atoms with E-state index in [1.54, 1.807) is 7.11 Å². The van der Waals surface area contributed by atoms with E-state index >= 15 is 0 Å². The summed E-state index contributed by atoms with van der Waals surface area (Å²) in [7, 11) is 1.68. The van der Waals surface area contributed by atoms with Gasteiger partial charge in [-0.3, -0.25) is 4.79 Å². The average molecular weight is 546 g/mol. The second kappa shape index (κ2) is 14.3. The summed E-state index contributed by atoms with van der Waals surface area (Å²) >= 11 is 0. The summed E-state index contributed by atoms with van der Waals surface area (Å²) in [5, 5.41) is 3.51. The van der Waals surface area contributed by atoms with Crippen LogP contribution < -0.4 is 10.1 Å². The zero-order valence-corrected chi connectivity index (χ0v) is 24.2. The van der Waals surface area contributed by atoms with Crippen LogP contribution in [0.2, 0.25) is 0 Å². The van der Waals surface area contributed by atoms with Crippen molar-refractivity contribution in [2.24, 2.45) is 11.8 Å². The Labute approximate surface area is 233 Å². The third kappa shape index (κ3) is 8.08. The minimum Gasteiger partial charge on any atom is -0.493 e. The number of aryl methyl sites for hydroxylation is 1. The van der Waals surface area contributed by atoms with Crippen LogP contribution in [0.4, 0.5) is 4.79 Å². The number of carbonyl (C=O) groups excluding carboxylic acids is 2. The average Bonchev–Trinajstić information content (AvgIpc) is 3.45. The highest BCUT2D eigenvalue weighted by molar-refractivity contribution is 5.95. The van der Waals surface area contributed by atoms with Gasteiger partial charge in [0.2, 0.25) is 0 Å². The van der Waals surface area contributed by atoms with Crippen molar-refractivity contribution in [1.29, 1.82) is 0 Å². The summed E-state index contributed by atoms with van der Waals surface area (Å²) in [6.07, 6.45) is 4.10. The topological polar surface area (TPSA) is 89.6 Å². The van der Waals surface area contributed by atoms with Crippen LogP contribution in [0.15, 0.2) is 18.2 Å². The quantitative estimate of drug-likeness (QED) is 0.356. The molecule has 1 aliphatic carbocycles. The zero-order chi connectivity index (χ0) is 27.8. The summed E-state index contributed by atoms with van der Waals surface area (Å²) in [4.78, 5) is 30.7. The van der Waals surface area contributed by atoms with Gasteiger partial charge in [0, 0.05) is 70.4 Å². The molecule has 1 N–H and O–H groups in total. The Bertz CT molecular complexity index is 947. The molecule has 1 saturated carbocycles. The Morgan fingerprint density at radius 1 is 1.10 bits per heavy atom. The number of rotatable bonds is 14. The van der Waals surface area contributed by atoms with Gasteiger partial charge in [0.1, 0.15) is 11.9 Å². The number of hydrogen-bond donors (Lipinski definition) is 1. The molecule has 4 rings (SSSR count). The predicted octanol–water partition coefficient (Wildman–Crippen LogP) is 3.74. The number of carbonyl (C=O) groups is 2. The summed E-state index contributed by atoms with van der Waals surface area (Å²) in [5.74, 6) is 1.30. The van der Waals surface area contributed by atoms with Gasteiger partial charge in [0.25, 0.3) is 5.91 Å². The van der Waals surface area contributed by atoms with E-state index in [2.05, 4.69) is 26.1 Å². The standard InChI is InChI=1S/C30H47N3O6/c1-5-22-7-8-23(15-28(22)38-13-6-12-36-4)29(34)32(21(2)3)18-24-16-31-17-25(24)19-33(26-9-10-26)30(35)39-27-11-14-37-20-27/h7-8,15,21,24-27,31H,5-6,9-14,16-20H2,1-4H3/t24-,25-,27-/m0/s1. The maximum absolute atomic E-state index is 13.8. The van der Waals surface area contributed by atoms with E-state index in [1.807, 2.05) is 28.0 Å². The SMILES string of the molecule is CCc1ccc(C(=O)N(C[C@@H]2CNC[C@H]2CN(C(=O)O[C@H]2CCOC2)C2CC2)C(C)C)cc1OCCCOC. The molecule has 0 radical (unpaired) electrons. The second-order valence-corrected chi connectivity index (χ2v) is 11.4. The Morgan fingerprint density at radius 3 is 2.51 bits per heavy atom. The number of ether oxygens (including phenoxy) is 4. The molecule has 3 aliphatic rings. The van der Waals surface area contributed by atoms with Crippen LogP contribution in [-0.2, 0) is 20.6 Å². The van der Waals surface area contributed by atoms with Crippen LogP contribution >= 0.6 is 0 Å². The Balaban J connectivity index is 1.41. The lowest BCUT2D eigenvalue weighted by atomic mass is 9.94. The van der Waals surface area contributed by atoms with Gasteiger partial charge in [0.05, 0.1) is 19.8 Å². The minimum absolute atomic E-state index is 0.0136. The van der Waals surface area contributed by atoms with Crippen molar-refractivity contribution in [2.45, 2.75) is 71.1 Å². The largest absolute Gasteiger partial charge is 0.493 e. The number of hydrogen-bond acceptors (Lipinski definition) is 7. The van der Waals surface area contributed by atoms with Gasteiger partial charge in [-0.25, -0.2) is 4.79 Å². The molecular weight excluding hydrogens is 498 g/mol. The van der Waals surface area contributed by atoms with Crippen molar-refractivity contribution in [3.63, 3.8) is 0 Å². The fourth-order valence-corrected chi connectivity index (χ4v) is 5.49. The molecular formula is C30H47N3O6. The fourth-order valence-electron chi connectivity index (χ4n) is 5.49. The minimum atomic E-state index is -0.218. The van der Waals surface area contributed by atoms with E-state index < -0.39 is 0 Å². The predicted molar refractivity (Wildman–Crippen MR) is 149 cm³/mol. The summed E-state index contributed by atoms with van der Waals surface area (Å²) in [6, 6.07) is 6.13. The molecule has 9 heteroatoms. The molecule has 1 aromatic rings. The number of methoxy groups -OCH3 is 1. The number of amides is 2. The fraction of sp³-hybridized carbons (Fsp3) is 0.733. The van der Waals surface area contributed by atoms with E-state index in [0.717, 1.165) is 56.5 Å². The first-order valence-corrected chi connectivity index (χ1v) is 14.7. The van der Waals surface area contributed by atoms with Crippen molar-refractivity contribution in [3.05, 3.63) is 29.3 Å². The van der Waals surface area contributed by atoms with Crippen LogP contribution in [0.3, 0.4) is 0 Å². The molecule has 2 aliphatic heterocycles. The van der Waals surface area contributed by atoms with Crippen molar-refractivity contribution in [2.75, 3.05) is 59.7 Å². The number of benzene rings is 1. The van der Waals surface area contributed by atoms with Crippen molar-refractivity contribution in [1.82, 2.24) is 15.1 Å². The van der Waals surface area contributed by atoms with E-state index in [1.165, 1.54) is 0 Å². The van der Waals surface area contributed by atoms with Gasteiger partial charge >= 0.3 is 6.09 Å². The molecule has 218 valence electrons. The Kier molecular flexibility index (Phi) is 10.9. The van der Waals surface area contributed by atoms with Crippen molar-refractivity contribution >= 4 is 12.0 Å². The van der Waals surface area contributed by atoms with E-state index in [-0.39, 0.29) is 42.0 Å². The van der Waals surface area contributed by atoms with Gasteiger partial charge in [-0.1, -0.05) is 13.0 Å². The molecule has 0 spiro atoms. The first kappa shape index (κ1) is 29.6. The first-order valence-electron chi connectivity index (χ1n) is 14.7. The monoisotopic (exact) mass is 545 g/mol. The van der Waals surface area contributed by atoms with Gasteiger partial charge in [-0.2, -0.15) is 0 Å². The summed E-state index contributed by atoms with van der Waals surface area (Å²) in [5.41, 5.74) is 1.74. The molecule has 0 unspecified atom stereocenters. The lowest BCUT2D eigenvalue weighted by Gasteiger charge is -2.33. The van der Waals surface area contributed by atoms with Gasteiger partial charge in [-0.15, -0.1) is 0 Å². The molecule has 0 bridgehead atoms. The molecule has 2 heterocycles. The molecule has 2 saturated heterocycles. The molecule has 9 nitrogen and oxygen atoms in total.